The number of ether oxygens (including phenoxy) is 2. The van der Waals surface area contributed by atoms with Crippen molar-refractivity contribution in [3.05, 3.63) is 24.8 Å². The minimum Gasteiger partial charge on any atom is -0.463 e. The van der Waals surface area contributed by atoms with Crippen LogP contribution in [0.5, 0.6) is 0 Å². The van der Waals surface area contributed by atoms with Crippen molar-refractivity contribution in [2.75, 3.05) is 13.2 Å². The maximum Gasteiger partial charge on any atom is 0.333 e. The average Bonchev–Trinajstić information content (AvgIpc) is 2.50. The Labute approximate surface area is 141 Å². The van der Waals surface area contributed by atoms with E-state index in [1.165, 1.54) is 18.9 Å². The smallest absolute Gasteiger partial charge is 0.333 e. The Hall–Kier alpha value is -1.58. The lowest BCUT2D eigenvalue weighted by Crippen LogP contribution is -2.05. The molecule has 0 unspecified atom stereocenters. The predicted molar refractivity (Wildman–Crippen MR) is 95.1 cm³/mol. The number of unbranched alkanes of at least 4 members (excludes halogenated alkanes) is 3. The first-order valence-electron chi connectivity index (χ1n) is 8.46. The van der Waals surface area contributed by atoms with Crippen LogP contribution in [0.2, 0.25) is 0 Å². The third-order valence-electron chi connectivity index (χ3n) is 2.92. The van der Waals surface area contributed by atoms with Crippen molar-refractivity contribution in [2.24, 2.45) is 5.92 Å². The Morgan fingerprint density at radius 3 is 2.13 bits per heavy atom. The molecule has 0 bridgehead atoms. The van der Waals surface area contributed by atoms with Crippen molar-refractivity contribution >= 4 is 11.9 Å². The lowest BCUT2D eigenvalue weighted by Gasteiger charge is -2.04. The van der Waals surface area contributed by atoms with Crippen molar-refractivity contribution in [2.45, 2.75) is 66.2 Å². The number of hydrogen-bond acceptors (Lipinski definition) is 4. The fourth-order valence-corrected chi connectivity index (χ4v) is 1.50. The molecular weight excluding hydrogens is 292 g/mol. The normalized spacial score (nSPS) is 9.61. The Kier molecular flexibility index (Phi) is 17.3. The first kappa shape index (κ1) is 23.7. The monoisotopic (exact) mass is 326 g/mol. The highest BCUT2D eigenvalue weighted by Crippen LogP contribution is 2.07. The zero-order valence-electron chi connectivity index (χ0n) is 15.4. The summed E-state index contributed by atoms with van der Waals surface area (Å²) in [5.41, 5.74) is 0.469. The molecule has 0 radical (unpaired) electrons. The number of carbonyl (C=O) groups is 2. The van der Waals surface area contributed by atoms with E-state index in [1.807, 2.05) is 0 Å². The summed E-state index contributed by atoms with van der Waals surface area (Å²) in [6.45, 7) is 16.0. The van der Waals surface area contributed by atoms with E-state index >= 15 is 0 Å². The second-order valence-electron chi connectivity index (χ2n) is 5.88. The Balaban J connectivity index is 0. The van der Waals surface area contributed by atoms with Crippen molar-refractivity contribution in [3.63, 3.8) is 0 Å². The number of hydrogen-bond donors (Lipinski definition) is 0. The van der Waals surface area contributed by atoms with Gasteiger partial charge in [-0.05, 0) is 25.7 Å². The molecule has 0 aliphatic carbocycles. The molecule has 4 nitrogen and oxygen atoms in total. The Morgan fingerprint density at radius 2 is 1.65 bits per heavy atom. The van der Waals surface area contributed by atoms with E-state index in [2.05, 4.69) is 33.9 Å². The summed E-state index contributed by atoms with van der Waals surface area (Å²) in [6.07, 6.45) is 7.77. The van der Waals surface area contributed by atoms with Crippen molar-refractivity contribution in [3.8, 4) is 0 Å². The van der Waals surface area contributed by atoms with Crippen LogP contribution in [0.15, 0.2) is 24.8 Å². The summed E-state index contributed by atoms with van der Waals surface area (Å²) in [6, 6.07) is 0. The highest BCUT2D eigenvalue weighted by molar-refractivity contribution is 5.86. The van der Waals surface area contributed by atoms with Gasteiger partial charge in [0, 0.05) is 11.6 Å². The molecule has 0 N–H and O–H groups in total. The highest BCUT2D eigenvalue weighted by atomic mass is 16.5. The minimum absolute atomic E-state index is 0.284. The second kappa shape index (κ2) is 16.8. The standard InChI is InChI=1S/C11H20O2.C8H14O2/c1-4-11(12)13-9-7-5-6-8-10(2)3;1-4-5-6-10-8(9)7(2)3/h4,10H,1,5-9H2,2-3H3;2,4-6H2,1,3H3. The molecule has 23 heavy (non-hydrogen) atoms. The largest absolute Gasteiger partial charge is 0.463 e. The van der Waals surface area contributed by atoms with E-state index in [-0.39, 0.29) is 11.9 Å². The van der Waals surface area contributed by atoms with E-state index in [9.17, 15) is 9.59 Å². The van der Waals surface area contributed by atoms with Crippen LogP contribution in [0.4, 0.5) is 0 Å². The number of rotatable bonds is 11. The van der Waals surface area contributed by atoms with E-state index in [4.69, 9.17) is 9.47 Å². The highest BCUT2D eigenvalue weighted by Gasteiger charge is 2.00. The zero-order valence-corrected chi connectivity index (χ0v) is 15.4. The molecule has 0 saturated carbocycles. The third kappa shape index (κ3) is 20.4. The summed E-state index contributed by atoms with van der Waals surface area (Å²) in [7, 11) is 0. The molecule has 0 aromatic rings. The fraction of sp³-hybridized carbons (Fsp3) is 0.684. The molecule has 0 rings (SSSR count). The second-order valence-corrected chi connectivity index (χ2v) is 5.88. The molecule has 0 saturated heterocycles. The van der Waals surface area contributed by atoms with Gasteiger partial charge in [0.25, 0.3) is 0 Å². The van der Waals surface area contributed by atoms with Gasteiger partial charge in [0.2, 0.25) is 0 Å². The molecule has 134 valence electrons. The Morgan fingerprint density at radius 1 is 1.04 bits per heavy atom. The molecule has 0 spiro atoms. The molecule has 4 heteroatoms. The van der Waals surface area contributed by atoms with Crippen LogP contribution >= 0.6 is 0 Å². The maximum atomic E-state index is 10.7. The van der Waals surface area contributed by atoms with Crippen LogP contribution in [-0.4, -0.2) is 25.2 Å². The summed E-state index contributed by atoms with van der Waals surface area (Å²) >= 11 is 0. The number of carbonyl (C=O) groups excluding carboxylic acids is 2. The SMILES string of the molecule is C=C(C)C(=O)OCCCC.C=CC(=O)OCCCCCC(C)C. The molecule has 0 aromatic carbocycles. The fourth-order valence-electron chi connectivity index (χ4n) is 1.50. The molecule has 0 amide bonds. The van der Waals surface area contributed by atoms with Gasteiger partial charge < -0.3 is 9.47 Å². The van der Waals surface area contributed by atoms with E-state index in [0.29, 0.717) is 18.8 Å². The summed E-state index contributed by atoms with van der Waals surface area (Å²) in [5, 5.41) is 0. The quantitative estimate of drug-likeness (QED) is 0.310. The summed E-state index contributed by atoms with van der Waals surface area (Å²) in [5.74, 6) is 0.174. The van der Waals surface area contributed by atoms with Crippen LogP contribution in [0.1, 0.15) is 66.2 Å². The molecule has 0 atom stereocenters. The summed E-state index contributed by atoms with van der Waals surface area (Å²) < 4.78 is 9.65. The first-order valence-corrected chi connectivity index (χ1v) is 8.46. The van der Waals surface area contributed by atoms with E-state index < -0.39 is 0 Å². The predicted octanol–water partition coefficient (Wildman–Crippen LogP) is 4.84. The van der Waals surface area contributed by atoms with Crippen LogP contribution < -0.4 is 0 Å². The molecule has 0 fully saturated rings. The van der Waals surface area contributed by atoms with Gasteiger partial charge in [0.05, 0.1) is 13.2 Å². The third-order valence-corrected chi connectivity index (χ3v) is 2.92. The van der Waals surface area contributed by atoms with Gasteiger partial charge in [0.1, 0.15) is 0 Å². The Bertz CT molecular complexity index is 345. The van der Waals surface area contributed by atoms with Crippen LogP contribution in [0.25, 0.3) is 0 Å². The molecule has 0 aliphatic rings. The lowest BCUT2D eigenvalue weighted by molar-refractivity contribution is -0.139. The van der Waals surface area contributed by atoms with Gasteiger partial charge in [-0.2, -0.15) is 0 Å². The van der Waals surface area contributed by atoms with Gasteiger partial charge in [-0.3, -0.25) is 0 Å². The van der Waals surface area contributed by atoms with Gasteiger partial charge in [-0.25, -0.2) is 9.59 Å². The summed E-state index contributed by atoms with van der Waals surface area (Å²) in [4.78, 5) is 21.3. The van der Waals surface area contributed by atoms with Crippen LogP contribution in [0.3, 0.4) is 0 Å². The van der Waals surface area contributed by atoms with Gasteiger partial charge in [0.15, 0.2) is 0 Å². The van der Waals surface area contributed by atoms with Crippen molar-refractivity contribution in [1.82, 2.24) is 0 Å². The van der Waals surface area contributed by atoms with Crippen molar-refractivity contribution < 1.29 is 19.1 Å². The van der Waals surface area contributed by atoms with Gasteiger partial charge >= 0.3 is 11.9 Å². The van der Waals surface area contributed by atoms with Crippen molar-refractivity contribution in [1.29, 1.82) is 0 Å². The average molecular weight is 326 g/mol. The lowest BCUT2D eigenvalue weighted by atomic mass is 10.1. The molecule has 0 aromatic heterocycles. The first-order chi connectivity index (χ1) is 10.8. The van der Waals surface area contributed by atoms with Crippen LogP contribution in [-0.2, 0) is 19.1 Å². The maximum absolute atomic E-state index is 10.7. The van der Waals surface area contributed by atoms with E-state index in [0.717, 1.165) is 31.6 Å². The van der Waals surface area contributed by atoms with Gasteiger partial charge in [-0.1, -0.05) is 59.6 Å². The zero-order chi connectivity index (χ0) is 18.1. The van der Waals surface area contributed by atoms with E-state index in [1.54, 1.807) is 6.92 Å². The van der Waals surface area contributed by atoms with Gasteiger partial charge in [-0.15, -0.1) is 0 Å². The molecule has 0 heterocycles. The minimum atomic E-state index is -0.316. The number of esters is 2. The van der Waals surface area contributed by atoms with Crippen LogP contribution in [0, 0.1) is 5.92 Å². The molecule has 0 aliphatic heterocycles. The topological polar surface area (TPSA) is 52.6 Å². The molecular formula is C19H34O4.